The van der Waals surface area contributed by atoms with Gasteiger partial charge in [0, 0.05) is 21.9 Å². The van der Waals surface area contributed by atoms with Crippen molar-refractivity contribution in [3.63, 3.8) is 0 Å². The van der Waals surface area contributed by atoms with Gasteiger partial charge in [-0.25, -0.2) is 0 Å². The molecule has 0 spiro atoms. The van der Waals surface area contributed by atoms with Gasteiger partial charge in [0.15, 0.2) is 0 Å². The number of aromatic amines is 1. The molecule has 0 saturated carbocycles. The van der Waals surface area contributed by atoms with Gasteiger partial charge in [-0.05, 0) is 66.2 Å². The van der Waals surface area contributed by atoms with Crippen molar-refractivity contribution in [1.82, 2.24) is 4.98 Å². The van der Waals surface area contributed by atoms with Crippen LogP contribution in [0, 0.1) is 0 Å². The Morgan fingerprint density at radius 3 is 1.53 bits per heavy atom. The van der Waals surface area contributed by atoms with Gasteiger partial charge in [0.25, 0.3) is 0 Å². The molecule has 1 nitrogen and oxygen atoms in total. The molecule has 9 aromatic rings. The minimum Gasteiger partial charge on any atom is -0.354 e. The van der Waals surface area contributed by atoms with Crippen LogP contribution >= 0.6 is 0 Å². The highest BCUT2D eigenvalue weighted by molar-refractivity contribution is 6.29. The van der Waals surface area contributed by atoms with Gasteiger partial charge < -0.3 is 4.98 Å². The topological polar surface area (TPSA) is 15.8 Å². The van der Waals surface area contributed by atoms with Crippen LogP contribution in [0.1, 0.15) is 0 Å². The number of rotatable bonds is 3. The predicted molar refractivity (Wildman–Crippen MR) is 185 cm³/mol. The highest BCUT2D eigenvalue weighted by atomic mass is 14.7. The van der Waals surface area contributed by atoms with Gasteiger partial charge in [-0.3, -0.25) is 0 Å². The average Bonchev–Trinajstić information content (AvgIpc) is 3.47. The van der Waals surface area contributed by atoms with Gasteiger partial charge in [0.05, 0.1) is 5.52 Å². The summed E-state index contributed by atoms with van der Waals surface area (Å²) in [7, 11) is 0. The first kappa shape index (κ1) is 24.0. The zero-order chi connectivity index (χ0) is 28.3. The molecule has 0 fully saturated rings. The highest BCUT2D eigenvalue weighted by Gasteiger charge is 2.20. The van der Waals surface area contributed by atoms with Crippen molar-refractivity contribution >= 4 is 54.1 Å². The van der Waals surface area contributed by atoms with Crippen molar-refractivity contribution < 1.29 is 0 Å². The van der Waals surface area contributed by atoms with Crippen molar-refractivity contribution in [3.8, 4) is 33.4 Å². The van der Waals surface area contributed by atoms with Crippen LogP contribution in [-0.4, -0.2) is 4.98 Å². The molecule has 0 atom stereocenters. The van der Waals surface area contributed by atoms with E-state index in [4.69, 9.17) is 0 Å². The third kappa shape index (κ3) is 3.58. The second kappa shape index (κ2) is 9.44. The lowest BCUT2D eigenvalue weighted by atomic mass is 9.83. The Morgan fingerprint density at radius 2 is 0.791 bits per heavy atom. The van der Waals surface area contributed by atoms with E-state index in [0.29, 0.717) is 0 Å². The van der Waals surface area contributed by atoms with Crippen LogP contribution in [0.25, 0.3) is 87.5 Å². The molecule has 0 bridgehead atoms. The third-order valence-corrected chi connectivity index (χ3v) is 9.02. The fraction of sp³-hybridized carbons (Fsp3) is 0. The summed E-state index contributed by atoms with van der Waals surface area (Å²) in [5.41, 5.74) is 9.71. The average molecular weight is 546 g/mol. The zero-order valence-electron chi connectivity index (χ0n) is 23.5. The van der Waals surface area contributed by atoms with Crippen molar-refractivity contribution in [2.75, 3.05) is 0 Å². The molecule has 0 radical (unpaired) electrons. The maximum Gasteiger partial charge on any atom is 0.0544 e. The van der Waals surface area contributed by atoms with Crippen molar-refractivity contribution in [1.29, 1.82) is 0 Å². The zero-order valence-corrected chi connectivity index (χ0v) is 23.5. The number of aromatic nitrogens is 1. The van der Waals surface area contributed by atoms with Crippen molar-refractivity contribution in [3.05, 3.63) is 158 Å². The van der Waals surface area contributed by atoms with Gasteiger partial charge in [-0.1, -0.05) is 152 Å². The summed E-state index contributed by atoms with van der Waals surface area (Å²) in [6, 6.07) is 57.4. The van der Waals surface area contributed by atoms with E-state index in [1.807, 2.05) is 0 Å². The molecule has 0 aliphatic carbocycles. The second-order valence-corrected chi connectivity index (χ2v) is 11.3. The standard InChI is InChI=1S/C42H27N/c1-2-13-27(14-3-1)28-20-10-22-35(40(28)38-25-12-24-37-32-18-8-9-26-39(32)43-42(37)38)36-23-11-21-34-31-16-5-4-15-29(31)30-17-6-7-19-33(30)41(34)36/h1-26,43H. The lowest BCUT2D eigenvalue weighted by Crippen LogP contribution is -1.93. The van der Waals surface area contributed by atoms with Gasteiger partial charge in [0.2, 0.25) is 0 Å². The lowest BCUT2D eigenvalue weighted by Gasteiger charge is -2.20. The number of fused-ring (bicyclic) bond motifs is 9. The molecule has 200 valence electrons. The molecular weight excluding hydrogens is 518 g/mol. The van der Waals surface area contributed by atoms with Gasteiger partial charge in [-0.15, -0.1) is 0 Å². The monoisotopic (exact) mass is 545 g/mol. The summed E-state index contributed by atoms with van der Waals surface area (Å²) < 4.78 is 0. The Hall–Kier alpha value is -5.66. The number of hydrogen-bond donors (Lipinski definition) is 1. The summed E-state index contributed by atoms with van der Waals surface area (Å²) in [5, 5.41) is 10.2. The van der Waals surface area contributed by atoms with Crippen LogP contribution in [0.2, 0.25) is 0 Å². The van der Waals surface area contributed by atoms with Crippen LogP contribution in [0.15, 0.2) is 158 Å². The smallest absolute Gasteiger partial charge is 0.0544 e. The number of nitrogens with one attached hydrogen (secondary N) is 1. The summed E-state index contributed by atoms with van der Waals surface area (Å²) >= 11 is 0. The van der Waals surface area contributed by atoms with Crippen LogP contribution < -0.4 is 0 Å². The van der Waals surface area contributed by atoms with Crippen molar-refractivity contribution in [2.45, 2.75) is 0 Å². The molecule has 0 aliphatic heterocycles. The molecule has 0 unspecified atom stereocenters. The van der Waals surface area contributed by atoms with E-state index >= 15 is 0 Å². The SMILES string of the molecule is c1ccc(-c2cccc(-c3cccc4c5ccccc5c5ccccc5c34)c2-c2cccc3c2[nH]c2ccccc23)cc1. The van der Waals surface area contributed by atoms with E-state index < -0.39 is 0 Å². The van der Waals surface area contributed by atoms with Crippen LogP contribution in [0.5, 0.6) is 0 Å². The van der Waals surface area contributed by atoms with E-state index in [0.717, 1.165) is 5.52 Å². The number of benzene rings is 8. The summed E-state index contributed by atoms with van der Waals surface area (Å²) in [5.74, 6) is 0. The van der Waals surface area contributed by atoms with Crippen molar-refractivity contribution in [2.24, 2.45) is 0 Å². The fourth-order valence-corrected chi connectivity index (χ4v) is 7.19. The van der Waals surface area contributed by atoms with E-state index in [2.05, 4.69) is 163 Å². The fourth-order valence-electron chi connectivity index (χ4n) is 7.19. The number of para-hydroxylation sites is 2. The molecule has 0 amide bonds. The maximum atomic E-state index is 3.79. The Labute approximate surface area is 249 Å². The lowest BCUT2D eigenvalue weighted by molar-refractivity contribution is 1.53. The molecule has 43 heavy (non-hydrogen) atoms. The maximum absolute atomic E-state index is 3.79. The summed E-state index contributed by atoms with van der Waals surface area (Å²) in [6.07, 6.45) is 0. The predicted octanol–water partition coefficient (Wildman–Crippen LogP) is 11.8. The Bertz CT molecular complexity index is 2450. The largest absolute Gasteiger partial charge is 0.354 e. The van der Waals surface area contributed by atoms with Gasteiger partial charge in [-0.2, -0.15) is 0 Å². The first-order chi connectivity index (χ1) is 21.4. The Morgan fingerprint density at radius 1 is 0.302 bits per heavy atom. The minimum atomic E-state index is 1.16. The third-order valence-electron chi connectivity index (χ3n) is 9.02. The number of H-pyrrole nitrogens is 1. The molecule has 8 aromatic carbocycles. The molecule has 9 rings (SSSR count). The van der Waals surface area contributed by atoms with Crippen LogP contribution in [0.3, 0.4) is 0 Å². The van der Waals surface area contributed by atoms with E-state index in [1.54, 1.807) is 0 Å². The molecule has 1 heterocycles. The molecule has 1 aromatic heterocycles. The first-order valence-electron chi connectivity index (χ1n) is 14.9. The van der Waals surface area contributed by atoms with Crippen LogP contribution in [0.4, 0.5) is 0 Å². The molecule has 1 heteroatoms. The van der Waals surface area contributed by atoms with E-state index in [9.17, 15) is 0 Å². The highest BCUT2D eigenvalue weighted by Crippen LogP contribution is 2.47. The number of hydrogen-bond acceptors (Lipinski definition) is 0. The summed E-state index contributed by atoms with van der Waals surface area (Å²) in [6.45, 7) is 0. The molecule has 0 saturated heterocycles. The second-order valence-electron chi connectivity index (χ2n) is 11.3. The quantitative estimate of drug-likeness (QED) is 0.213. The Balaban J connectivity index is 1.46. The van der Waals surface area contributed by atoms with Gasteiger partial charge >= 0.3 is 0 Å². The van der Waals surface area contributed by atoms with E-state index in [1.165, 1.54) is 82.0 Å². The molecular formula is C42H27N. The van der Waals surface area contributed by atoms with Gasteiger partial charge in [0.1, 0.15) is 0 Å². The minimum absolute atomic E-state index is 1.16. The first-order valence-corrected chi connectivity index (χ1v) is 14.9. The Kier molecular flexibility index (Phi) is 5.27. The molecule has 1 N–H and O–H groups in total. The normalized spacial score (nSPS) is 11.7. The summed E-state index contributed by atoms with van der Waals surface area (Å²) in [4.78, 5) is 3.79. The van der Waals surface area contributed by atoms with E-state index in [-0.39, 0.29) is 0 Å². The molecule has 0 aliphatic rings. The van der Waals surface area contributed by atoms with Crippen LogP contribution in [-0.2, 0) is 0 Å².